The van der Waals surface area contributed by atoms with Gasteiger partial charge in [0, 0.05) is 13.2 Å². The summed E-state index contributed by atoms with van der Waals surface area (Å²) in [5.74, 6) is -0.170. The SMILES string of the molecule is CCCOCCN1CCC(C)CC1C(=O)O. The van der Waals surface area contributed by atoms with Crippen molar-refractivity contribution in [2.24, 2.45) is 5.92 Å². The highest BCUT2D eigenvalue weighted by Gasteiger charge is 2.31. The molecule has 0 radical (unpaired) electrons. The molecule has 0 aromatic carbocycles. The summed E-state index contributed by atoms with van der Waals surface area (Å²) in [7, 11) is 0. The molecule has 0 aromatic heterocycles. The molecule has 0 aliphatic carbocycles. The molecule has 4 heteroatoms. The average molecular weight is 229 g/mol. The molecular weight excluding hydrogens is 206 g/mol. The van der Waals surface area contributed by atoms with Crippen LogP contribution in [0.1, 0.15) is 33.1 Å². The molecule has 0 spiro atoms. The summed E-state index contributed by atoms with van der Waals surface area (Å²) in [4.78, 5) is 13.2. The first kappa shape index (κ1) is 13.5. The van der Waals surface area contributed by atoms with Crippen molar-refractivity contribution in [2.45, 2.75) is 39.2 Å². The Bertz CT molecular complexity index is 220. The Morgan fingerprint density at radius 1 is 1.50 bits per heavy atom. The molecule has 1 aliphatic rings. The Morgan fingerprint density at radius 2 is 2.25 bits per heavy atom. The number of carboxylic acid groups (broad SMARTS) is 1. The van der Waals surface area contributed by atoms with Gasteiger partial charge in [-0.15, -0.1) is 0 Å². The summed E-state index contributed by atoms with van der Waals surface area (Å²) in [6, 6.07) is -0.311. The van der Waals surface area contributed by atoms with Gasteiger partial charge < -0.3 is 9.84 Å². The van der Waals surface area contributed by atoms with Gasteiger partial charge in [0.1, 0.15) is 6.04 Å². The van der Waals surface area contributed by atoms with Crippen LogP contribution in [0.5, 0.6) is 0 Å². The molecule has 1 N–H and O–H groups in total. The zero-order valence-electron chi connectivity index (χ0n) is 10.3. The zero-order valence-corrected chi connectivity index (χ0v) is 10.3. The first-order valence-electron chi connectivity index (χ1n) is 6.19. The van der Waals surface area contributed by atoms with Gasteiger partial charge >= 0.3 is 5.97 Å². The summed E-state index contributed by atoms with van der Waals surface area (Å²) in [5, 5.41) is 9.15. The Hall–Kier alpha value is -0.610. The quantitative estimate of drug-likeness (QED) is 0.703. The number of hydrogen-bond donors (Lipinski definition) is 1. The Balaban J connectivity index is 2.34. The largest absolute Gasteiger partial charge is 0.480 e. The van der Waals surface area contributed by atoms with E-state index < -0.39 is 5.97 Å². The highest BCUT2D eigenvalue weighted by atomic mass is 16.5. The van der Waals surface area contributed by atoms with Crippen molar-refractivity contribution in [2.75, 3.05) is 26.3 Å². The highest BCUT2D eigenvalue weighted by Crippen LogP contribution is 2.22. The van der Waals surface area contributed by atoms with Crippen molar-refractivity contribution in [3.8, 4) is 0 Å². The van der Waals surface area contributed by atoms with E-state index in [1.165, 1.54) is 0 Å². The standard InChI is InChI=1S/C12H23NO3/c1-3-7-16-8-6-13-5-4-10(2)9-11(13)12(14)15/h10-11H,3-9H2,1-2H3,(H,14,15). The molecule has 0 amide bonds. The van der Waals surface area contributed by atoms with Gasteiger partial charge in [0.2, 0.25) is 0 Å². The summed E-state index contributed by atoms with van der Waals surface area (Å²) in [6.45, 7) is 7.23. The number of piperidine rings is 1. The summed E-state index contributed by atoms with van der Waals surface area (Å²) in [6.07, 6.45) is 2.88. The van der Waals surface area contributed by atoms with Gasteiger partial charge in [-0.25, -0.2) is 0 Å². The van der Waals surface area contributed by atoms with Crippen molar-refractivity contribution >= 4 is 5.97 Å². The number of carbonyl (C=O) groups is 1. The number of hydrogen-bond acceptors (Lipinski definition) is 3. The van der Waals surface area contributed by atoms with Crippen LogP contribution in [0.25, 0.3) is 0 Å². The molecule has 2 atom stereocenters. The first-order valence-corrected chi connectivity index (χ1v) is 6.19. The molecule has 1 fully saturated rings. The van der Waals surface area contributed by atoms with Crippen molar-refractivity contribution in [1.29, 1.82) is 0 Å². The lowest BCUT2D eigenvalue weighted by Gasteiger charge is -2.35. The number of ether oxygens (including phenoxy) is 1. The van der Waals surface area contributed by atoms with Crippen LogP contribution in [0.15, 0.2) is 0 Å². The van der Waals surface area contributed by atoms with E-state index in [1.54, 1.807) is 0 Å². The minimum absolute atomic E-state index is 0.311. The maximum Gasteiger partial charge on any atom is 0.320 e. The van der Waals surface area contributed by atoms with E-state index in [2.05, 4.69) is 13.8 Å². The van der Waals surface area contributed by atoms with E-state index in [-0.39, 0.29) is 6.04 Å². The van der Waals surface area contributed by atoms with Crippen LogP contribution in [0.3, 0.4) is 0 Å². The van der Waals surface area contributed by atoms with Gasteiger partial charge in [0.15, 0.2) is 0 Å². The summed E-state index contributed by atoms with van der Waals surface area (Å²) < 4.78 is 5.41. The summed E-state index contributed by atoms with van der Waals surface area (Å²) in [5.41, 5.74) is 0. The van der Waals surface area contributed by atoms with Crippen LogP contribution in [0.2, 0.25) is 0 Å². The second-order valence-electron chi connectivity index (χ2n) is 4.63. The number of likely N-dealkylation sites (tertiary alicyclic amines) is 1. The van der Waals surface area contributed by atoms with Crippen molar-refractivity contribution in [1.82, 2.24) is 4.90 Å². The Kier molecular flexibility index (Phi) is 5.77. The number of nitrogens with zero attached hydrogens (tertiary/aromatic N) is 1. The third-order valence-corrected chi connectivity index (χ3v) is 3.13. The Labute approximate surface area is 97.6 Å². The van der Waals surface area contributed by atoms with Crippen molar-refractivity contribution < 1.29 is 14.6 Å². The van der Waals surface area contributed by atoms with Crippen LogP contribution in [-0.2, 0) is 9.53 Å². The van der Waals surface area contributed by atoms with Gasteiger partial charge in [-0.2, -0.15) is 0 Å². The molecule has 1 rings (SSSR count). The predicted octanol–water partition coefficient (Wildman–Crippen LogP) is 1.60. The third kappa shape index (κ3) is 4.10. The molecule has 94 valence electrons. The lowest BCUT2D eigenvalue weighted by molar-refractivity contribution is -0.145. The lowest BCUT2D eigenvalue weighted by atomic mass is 9.92. The van der Waals surface area contributed by atoms with Crippen LogP contribution in [0.4, 0.5) is 0 Å². The number of aliphatic carboxylic acids is 1. The van der Waals surface area contributed by atoms with E-state index in [1.807, 2.05) is 4.90 Å². The van der Waals surface area contributed by atoms with E-state index in [0.29, 0.717) is 12.5 Å². The molecule has 1 heterocycles. The van der Waals surface area contributed by atoms with E-state index in [0.717, 1.165) is 39.0 Å². The maximum atomic E-state index is 11.1. The number of carboxylic acids is 1. The smallest absolute Gasteiger partial charge is 0.320 e. The molecular formula is C12H23NO3. The molecule has 0 aromatic rings. The minimum atomic E-state index is -0.693. The zero-order chi connectivity index (χ0) is 12.0. The maximum absolute atomic E-state index is 11.1. The topological polar surface area (TPSA) is 49.8 Å². The first-order chi connectivity index (χ1) is 7.65. The normalized spacial score (nSPS) is 26.9. The van der Waals surface area contributed by atoms with Gasteiger partial charge in [-0.05, 0) is 31.7 Å². The van der Waals surface area contributed by atoms with Crippen LogP contribution < -0.4 is 0 Å². The number of rotatable bonds is 6. The molecule has 16 heavy (non-hydrogen) atoms. The van der Waals surface area contributed by atoms with E-state index in [4.69, 9.17) is 9.84 Å². The lowest BCUT2D eigenvalue weighted by Crippen LogP contribution is -2.48. The molecule has 1 aliphatic heterocycles. The molecule has 4 nitrogen and oxygen atoms in total. The van der Waals surface area contributed by atoms with Crippen molar-refractivity contribution in [3.05, 3.63) is 0 Å². The average Bonchev–Trinajstić information content (AvgIpc) is 2.26. The van der Waals surface area contributed by atoms with E-state index >= 15 is 0 Å². The minimum Gasteiger partial charge on any atom is -0.480 e. The fourth-order valence-electron chi connectivity index (χ4n) is 2.14. The van der Waals surface area contributed by atoms with Gasteiger partial charge in [0.05, 0.1) is 6.61 Å². The molecule has 2 unspecified atom stereocenters. The van der Waals surface area contributed by atoms with Gasteiger partial charge in [0.25, 0.3) is 0 Å². The second kappa shape index (κ2) is 6.86. The third-order valence-electron chi connectivity index (χ3n) is 3.13. The van der Waals surface area contributed by atoms with Crippen molar-refractivity contribution in [3.63, 3.8) is 0 Å². The van der Waals surface area contributed by atoms with Crippen LogP contribution >= 0.6 is 0 Å². The summed E-state index contributed by atoms with van der Waals surface area (Å²) >= 11 is 0. The monoisotopic (exact) mass is 229 g/mol. The fourth-order valence-corrected chi connectivity index (χ4v) is 2.14. The van der Waals surface area contributed by atoms with Gasteiger partial charge in [-0.3, -0.25) is 9.69 Å². The highest BCUT2D eigenvalue weighted by molar-refractivity contribution is 5.73. The second-order valence-corrected chi connectivity index (χ2v) is 4.63. The molecule has 0 saturated carbocycles. The van der Waals surface area contributed by atoms with Gasteiger partial charge in [-0.1, -0.05) is 13.8 Å². The predicted molar refractivity (Wildman–Crippen MR) is 62.5 cm³/mol. The van der Waals surface area contributed by atoms with E-state index in [9.17, 15) is 4.79 Å². The van der Waals surface area contributed by atoms with Crippen LogP contribution in [-0.4, -0.2) is 48.3 Å². The Morgan fingerprint density at radius 3 is 2.88 bits per heavy atom. The fraction of sp³-hybridized carbons (Fsp3) is 0.917. The molecule has 0 bridgehead atoms. The van der Waals surface area contributed by atoms with Crippen LogP contribution in [0, 0.1) is 5.92 Å². The molecule has 1 saturated heterocycles.